The van der Waals surface area contributed by atoms with E-state index in [1.54, 1.807) is 57.4 Å². The van der Waals surface area contributed by atoms with Gasteiger partial charge >= 0.3 is 5.97 Å². The van der Waals surface area contributed by atoms with Gasteiger partial charge in [-0.2, -0.15) is 0 Å². The average molecular weight is 455 g/mol. The summed E-state index contributed by atoms with van der Waals surface area (Å²) in [4.78, 5) is 31.5. The smallest absolute Gasteiger partial charge is 0.338 e. The minimum Gasteiger partial charge on any atom is -0.497 e. The molecule has 1 unspecified atom stereocenters. The summed E-state index contributed by atoms with van der Waals surface area (Å²) in [5.74, 6) is 1.09. The minimum absolute atomic E-state index is 0.199. The highest BCUT2D eigenvalue weighted by molar-refractivity contribution is 7.07. The molecule has 0 fully saturated rings. The van der Waals surface area contributed by atoms with Crippen LogP contribution in [-0.4, -0.2) is 31.4 Å². The number of ether oxygens (including phenoxy) is 3. The third-order valence-electron chi connectivity index (χ3n) is 5.07. The van der Waals surface area contributed by atoms with Crippen molar-refractivity contribution in [1.82, 2.24) is 4.57 Å². The summed E-state index contributed by atoms with van der Waals surface area (Å²) in [5.41, 5.74) is 1.10. The molecule has 9 heteroatoms. The van der Waals surface area contributed by atoms with Gasteiger partial charge in [-0.15, -0.1) is 0 Å². The number of rotatable bonds is 6. The van der Waals surface area contributed by atoms with Crippen LogP contribution in [0.5, 0.6) is 11.5 Å². The molecule has 0 saturated carbocycles. The molecule has 166 valence electrons. The maximum atomic E-state index is 13.5. The molecular weight excluding hydrogens is 432 g/mol. The Labute approximate surface area is 187 Å². The fourth-order valence-corrected chi connectivity index (χ4v) is 4.66. The van der Waals surface area contributed by atoms with Crippen LogP contribution in [0.25, 0.3) is 6.08 Å². The van der Waals surface area contributed by atoms with Crippen LogP contribution in [0.2, 0.25) is 0 Å². The number of benzene rings is 1. The zero-order valence-electron chi connectivity index (χ0n) is 18.1. The molecular formula is C23H22N2O6S. The van der Waals surface area contributed by atoms with Crippen LogP contribution in [0.15, 0.2) is 62.1 Å². The third kappa shape index (κ3) is 3.75. The summed E-state index contributed by atoms with van der Waals surface area (Å²) in [6, 6.07) is 7.99. The number of allylic oxidation sites excluding steroid dienone is 1. The van der Waals surface area contributed by atoms with Gasteiger partial charge in [0, 0.05) is 17.7 Å². The monoisotopic (exact) mass is 454 g/mol. The molecule has 2 aromatic heterocycles. The Morgan fingerprint density at radius 3 is 2.75 bits per heavy atom. The summed E-state index contributed by atoms with van der Waals surface area (Å²) >= 11 is 1.23. The van der Waals surface area contributed by atoms with E-state index in [1.807, 2.05) is 0 Å². The van der Waals surface area contributed by atoms with E-state index in [0.29, 0.717) is 37.9 Å². The third-order valence-corrected chi connectivity index (χ3v) is 6.05. The predicted molar refractivity (Wildman–Crippen MR) is 119 cm³/mol. The van der Waals surface area contributed by atoms with E-state index in [4.69, 9.17) is 18.6 Å². The van der Waals surface area contributed by atoms with E-state index in [2.05, 4.69) is 4.99 Å². The van der Waals surface area contributed by atoms with E-state index >= 15 is 0 Å². The Hall–Kier alpha value is -3.59. The second-order valence-electron chi connectivity index (χ2n) is 6.93. The molecule has 0 radical (unpaired) electrons. The number of carbonyl (C=O) groups excluding carboxylic acids is 1. The largest absolute Gasteiger partial charge is 0.497 e. The van der Waals surface area contributed by atoms with Crippen molar-refractivity contribution in [1.29, 1.82) is 0 Å². The van der Waals surface area contributed by atoms with Gasteiger partial charge in [0.05, 0.1) is 42.9 Å². The van der Waals surface area contributed by atoms with Gasteiger partial charge in [-0.3, -0.25) is 9.36 Å². The molecule has 0 N–H and O–H groups in total. The van der Waals surface area contributed by atoms with Crippen molar-refractivity contribution in [3.63, 3.8) is 0 Å². The van der Waals surface area contributed by atoms with Gasteiger partial charge in [-0.05, 0) is 38.1 Å². The number of nitrogens with zero attached hydrogens (tertiary/aromatic N) is 2. The molecule has 0 aliphatic carbocycles. The van der Waals surface area contributed by atoms with Gasteiger partial charge in [0.1, 0.15) is 23.3 Å². The lowest BCUT2D eigenvalue weighted by Gasteiger charge is -2.26. The Morgan fingerprint density at radius 1 is 1.28 bits per heavy atom. The zero-order valence-corrected chi connectivity index (χ0v) is 18.9. The molecule has 1 aliphatic rings. The molecule has 1 aromatic carbocycles. The number of carbonyl (C=O) groups is 1. The first-order valence-corrected chi connectivity index (χ1v) is 10.7. The minimum atomic E-state index is -0.773. The van der Waals surface area contributed by atoms with Crippen LogP contribution in [0.1, 0.15) is 31.2 Å². The second-order valence-corrected chi connectivity index (χ2v) is 7.93. The fraction of sp³-hybridized carbons (Fsp3) is 0.261. The van der Waals surface area contributed by atoms with Gasteiger partial charge in [0.15, 0.2) is 4.80 Å². The normalized spacial score (nSPS) is 15.9. The Balaban J connectivity index is 2.01. The molecule has 3 heterocycles. The number of thiazole rings is 1. The van der Waals surface area contributed by atoms with Gasteiger partial charge in [-0.25, -0.2) is 9.79 Å². The highest BCUT2D eigenvalue weighted by atomic mass is 32.1. The lowest BCUT2D eigenvalue weighted by molar-refractivity contribution is -0.139. The standard InChI is InChI=1S/C23H22N2O6S/c1-5-30-22(27)19-13(2)24-23-25(21(26)18(32-23)12-15-7-6-10-31-15)20(19)16-9-8-14(28-3)11-17(16)29-4/h6-12,20H,5H2,1-4H3. The van der Waals surface area contributed by atoms with Gasteiger partial charge in [0.25, 0.3) is 5.56 Å². The zero-order chi connectivity index (χ0) is 22.8. The number of fused-ring (bicyclic) bond motifs is 1. The van der Waals surface area contributed by atoms with Crippen molar-refractivity contribution in [3.8, 4) is 11.5 Å². The van der Waals surface area contributed by atoms with Gasteiger partial charge < -0.3 is 18.6 Å². The van der Waals surface area contributed by atoms with Crippen molar-refractivity contribution in [2.45, 2.75) is 19.9 Å². The maximum Gasteiger partial charge on any atom is 0.338 e. The van der Waals surface area contributed by atoms with Crippen LogP contribution in [0.4, 0.5) is 0 Å². The van der Waals surface area contributed by atoms with Crippen LogP contribution >= 0.6 is 11.3 Å². The molecule has 0 spiro atoms. The maximum absolute atomic E-state index is 13.5. The van der Waals surface area contributed by atoms with E-state index in [0.717, 1.165) is 0 Å². The molecule has 1 aliphatic heterocycles. The highest BCUT2D eigenvalue weighted by Crippen LogP contribution is 2.37. The molecule has 0 amide bonds. The number of esters is 1. The van der Waals surface area contributed by atoms with Crippen molar-refractivity contribution in [3.05, 3.63) is 78.9 Å². The summed E-state index contributed by atoms with van der Waals surface area (Å²) in [5, 5.41) is 0. The number of methoxy groups -OCH3 is 2. The highest BCUT2D eigenvalue weighted by Gasteiger charge is 2.35. The van der Waals surface area contributed by atoms with E-state index in [1.165, 1.54) is 29.3 Å². The second kappa shape index (κ2) is 8.88. The number of hydrogen-bond donors (Lipinski definition) is 0. The van der Waals surface area contributed by atoms with Crippen molar-refractivity contribution >= 4 is 23.4 Å². The Morgan fingerprint density at radius 2 is 2.09 bits per heavy atom. The van der Waals surface area contributed by atoms with Gasteiger partial charge in [-0.1, -0.05) is 11.3 Å². The first kappa shape index (κ1) is 21.6. The number of hydrogen-bond acceptors (Lipinski definition) is 8. The lowest BCUT2D eigenvalue weighted by atomic mass is 9.95. The first-order valence-electron chi connectivity index (χ1n) is 9.93. The quantitative estimate of drug-likeness (QED) is 0.531. The fourth-order valence-electron chi connectivity index (χ4n) is 3.63. The SMILES string of the molecule is CCOC(=O)C1=C(C)N=c2sc(=Cc3ccco3)c(=O)n2C1c1ccc(OC)cc1OC. The first-order chi connectivity index (χ1) is 15.5. The van der Waals surface area contributed by atoms with Crippen molar-refractivity contribution < 1.29 is 23.4 Å². The van der Waals surface area contributed by atoms with E-state index in [9.17, 15) is 9.59 Å². The van der Waals surface area contributed by atoms with E-state index in [-0.39, 0.29) is 17.7 Å². The van der Waals surface area contributed by atoms with Crippen LogP contribution in [0, 0.1) is 0 Å². The molecule has 3 aromatic rings. The van der Waals surface area contributed by atoms with Crippen molar-refractivity contribution in [2.75, 3.05) is 20.8 Å². The molecule has 1 atom stereocenters. The topological polar surface area (TPSA) is 92.3 Å². The summed E-state index contributed by atoms with van der Waals surface area (Å²) in [6.45, 7) is 3.67. The number of furan rings is 1. The van der Waals surface area contributed by atoms with Crippen LogP contribution < -0.4 is 24.4 Å². The van der Waals surface area contributed by atoms with Crippen LogP contribution in [0.3, 0.4) is 0 Å². The molecule has 4 rings (SSSR count). The van der Waals surface area contributed by atoms with Gasteiger partial charge in [0.2, 0.25) is 0 Å². The lowest BCUT2D eigenvalue weighted by Crippen LogP contribution is -2.40. The summed E-state index contributed by atoms with van der Waals surface area (Å²) < 4.78 is 23.5. The molecule has 32 heavy (non-hydrogen) atoms. The predicted octanol–water partition coefficient (Wildman–Crippen LogP) is 2.41. The average Bonchev–Trinajstić information content (AvgIpc) is 3.40. The van der Waals surface area contributed by atoms with E-state index < -0.39 is 12.0 Å². The Kier molecular flexibility index (Phi) is 6.00. The number of aromatic nitrogens is 1. The summed E-state index contributed by atoms with van der Waals surface area (Å²) in [7, 11) is 3.08. The van der Waals surface area contributed by atoms with Crippen LogP contribution in [-0.2, 0) is 9.53 Å². The molecule has 8 nitrogen and oxygen atoms in total. The Bertz CT molecular complexity index is 1360. The van der Waals surface area contributed by atoms with Crippen molar-refractivity contribution in [2.24, 2.45) is 4.99 Å². The molecule has 0 saturated heterocycles. The summed E-state index contributed by atoms with van der Waals surface area (Å²) in [6.07, 6.45) is 3.20. The molecule has 0 bridgehead atoms.